The van der Waals surface area contributed by atoms with E-state index >= 15 is 0 Å². The van der Waals surface area contributed by atoms with E-state index in [4.69, 9.17) is 0 Å². The first-order valence-electron chi connectivity index (χ1n) is 7.98. The van der Waals surface area contributed by atoms with Crippen molar-refractivity contribution in [2.75, 3.05) is 0 Å². The molecule has 6 rings (SSSR count). The van der Waals surface area contributed by atoms with Crippen molar-refractivity contribution in [3.05, 3.63) is 71.0 Å². The second-order valence-electron chi connectivity index (χ2n) is 6.57. The summed E-state index contributed by atoms with van der Waals surface area (Å²) in [5.74, 6) is 0. The van der Waals surface area contributed by atoms with Crippen LogP contribution in [0.5, 0.6) is 0 Å². The normalized spacial score (nSPS) is 15.5. The van der Waals surface area contributed by atoms with E-state index in [1.165, 1.54) is 48.7 Å². The van der Waals surface area contributed by atoms with Gasteiger partial charge < -0.3 is 0 Å². The molecule has 22 heavy (non-hydrogen) atoms. The van der Waals surface area contributed by atoms with Crippen molar-refractivity contribution in [1.29, 1.82) is 0 Å². The molecule has 0 spiro atoms. The van der Waals surface area contributed by atoms with Crippen molar-refractivity contribution in [1.82, 2.24) is 0 Å². The summed E-state index contributed by atoms with van der Waals surface area (Å²) in [6, 6.07) is 18.2. The molecular weight excluding hydrogens is 264 g/mol. The number of rotatable bonds is 0. The van der Waals surface area contributed by atoms with E-state index in [0.29, 0.717) is 0 Å². The summed E-state index contributed by atoms with van der Waals surface area (Å²) in [7, 11) is 0. The summed E-state index contributed by atoms with van der Waals surface area (Å²) in [6.45, 7) is 0. The first-order valence-corrected chi connectivity index (χ1v) is 7.98. The Morgan fingerprint density at radius 1 is 0.727 bits per heavy atom. The molecule has 0 saturated heterocycles. The third-order valence-electron chi connectivity index (χ3n) is 5.39. The van der Waals surface area contributed by atoms with Gasteiger partial charge in [-0.2, -0.15) is 0 Å². The summed E-state index contributed by atoms with van der Waals surface area (Å²) in [4.78, 5) is 0. The second kappa shape index (κ2) is 3.59. The van der Waals surface area contributed by atoms with Crippen molar-refractivity contribution in [2.45, 2.75) is 12.8 Å². The lowest BCUT2D eigenvalue weighted by Gasteiger charge is -2.23. The van der Waals surface area contributed by atoms with Crippen LogP contribution in [0, 0.1) is 0 Å². The molecule has 4 aromatic carbocycles. The van der Waals surface area contributed by atoms with E-state index in [1.807, 2.05) is 0 Å². The van der Waals surface area contributed by atoms with Gasteiger partial charge in [0.25, 0.3) is 0 Å². The van der Waals surface area contributed by atoms with Gasteiger partial charge in [-0.15, -0.1) is 0 Å². The fourth-order valence-electron chi connectivity index (χ4n) is 4.57. The molecule has 0 nitrogen and oxygen atoms in total. The molecule has 4 aromatic rings. The highest BCUT2D eigenvalue weighted by Crippen LogP contribution is 2.38. The van der Waals surface area contributed by atoms with Gasteiger partial charge in [0.2, 0.25) is 0 Å². The molecule has 0 atom stereocenters. The van der Waals surface area contributed by atoms with Crippen LogP contribution in [-0.4, -0.2) is 0 Å². The van der Waals surface area contributed by atoms with Crippen molar-refractivity contribution in [3.63, 3.8) is 0 Å². The predicted molar refractivity (Wildman–Crippen MR) is 94.9 cm³/mol. The van der Waals surface area contributed by atoms with Crippen LogP contribution in [0.25, 0.3) is 44.0 Å². The average Bonchev–Trinajstić information content (AvgIpc) is 2.55. The van der Waals surface area contributed by atoms with Crippen molar-refractivity contribution in [3.8, 4) is 0 Å². The van der Waals surface area contributed by atoms with E-state index in [2.05, 4.69) is 60.7 Å². The standard InChI is InChI=1S/C22H14/c1-4-13-10-15-6-2-8-17-12-18-9-3-7-16-11-14(5-1)19(13)22(20(15)17)21(16)18/h1-8,10-11H,9,12H2. The lowest BCUT2D eigenvalue weighted by molar-refractivity contribution is 1.19. The van der Waals surface area contributed by atoms with Gasteiger partial charge >= 0.3 is 0 Å². The molecule has 0 aliphatic heterocycles. The van der Waals surface area contributed by atoms with Crippen LogP contribution in [0.2, 0.25) is 0 Å². The van der Waals surface area contributed by atoms with Gasteiger partial charge in [-0.05, 0) is 73.6 Å². The highest BCUT2D eigenvalue weighted by Gasteiger charge is 2.20. The Morgan fingerprint density at radius 2 is 1.50 bits per heavy atom. The smallest absolute Gasteiger partial charge is 0.00121 e. The second-order valence-corrected chi connectivity index (χ2v) is 6.57. The maximum atomic E-state index is 2.38. The Hall–Kier alpha value is -2.60. The maximum Gasteiger partial charge on any atom is -0.00121 e. The van der Waals surface area contributed by atoms with Gasteiger partial charge in [0.1, 0.15) is 0 Å². The van der Waals surface area contributed by atoms with Crippen molar-refractivity contribution in [2.24, 2.45) is 0 Å². The van der Waals surface area contributed by atoms with Gasteiger partial charge in [-0.3, -0.25) is 0 Å². The molecule has 2 aliphatic rings. The third-order valence-corrected chi connectivity index (χ3v) is 5.39. The monoisotopic (exact) mass is 278 g/mol. The third kappa shape index (κ3) is 1.16. The van der Waals surface area contributed by atoms with Crippen LogP contribution in [0.3, 0.4) is 0 Å². The number of allylic oxidation sites excluding steroid dienone is 1. The molecule has 0 fully saturated rings. The Balaban J connectivity index is 2.12. The zero-order valence-corrected chi connectivity index (χ0v) is 12.2. The van der Waals surface area contributed by atoms with E-state index in [0.717, 1.165) is 12.8 Å². The minimum Gasteiger partial charge on any atom is -0.0798 e. The minimum absolute atomic E-state index is 1.10. The number of hydrogen-bond donors (Lipinski definition) is 0. The minimum atomic E-state index is 1.10. The Labute approximate surface area is 128 Å². The van der Waals surface area contributed by atoms with Gasteiger partial charge in [-0.1, -0.05) is 54.1 Å². The molecule has 0 heterocycles. The van der Waals surface area contributed by atoms with Crippen LogP contribution < -0.4 is 5.22 Å². The van der Waals surface area contributed by atoms with Crippen LogP contribution in [0.4, 0.5) is 0 Å². The van der Waals surface area contributed by atoms with Gasteiger partial charge in [0, 0.05) is 0 Å². The predicted octanol–water partition coefficient (Wildman–Crippen LogP) is 4.99. The summed E-state index contributed by atoms with van der Waals surface area (Å²) in [5.41, 5.74) is 4.50. The maximum absolute atomic E-state index is 2.38. The van der Waals surface area contributed by atoms with E-state index in [-0.39, 0.29) is 0 Å². The van der Waals surface area contributed by atoms with E-state index < -0.39 is 0 Å². The molecule has 0 bridgehead atoms. The highest BCUT2D eigenvalue weighted by atomic mass is 14.2. The molecule has 0 saturated carbocycles. The number of hydrogen-bond acceptors (Lipinski definition) is 0. The fourth-order valence-corrected chi connectivity index (χ4v) is 4.57. The van der Waals surface area contributed by atoms with Crippen LogP contribution >= 0.6 is 0 Å². The molecule has 0 aromatic heterocycles. The molecule has 0 radical (unpaired) electrons. The quantitative estimate of drug-likeness (QED) is 0.314. The van der Waals surface area contributed by atoms with Crippen molar-refractivity contribution >= 4 is 44.0 Å². The molecule has 0 amide bonds. The van der Waals surface area contributed by atoms with Gasteiger partial charge in [0.15, 0.2) is 0 Å². The van der Waals surface area contributed by atoms with E-state index in [1.54, 1.807) is 5.57 Å². The Morgan fingerprint density at radius 3 is 2.41 bits per heavy atom. The van der Waals surface area contributed by atoms with Gasteiger partial charge in [0.05, 0.1) is 0 Å². The first kappa shape index (κ1) is 11.0. The fraction of sp³-hybridized carbons (Fsp3) is 0.0909. The van der Waals surface area contributed by atoms with Crippen molar-refractivity contribution < 1.29 is 0 Å². The van der Waals surface area contributed by atoms with Crippen LogP contribution in [0.1, 0.15) is 17.5 Å². The zero-order chi connectivity index (χ0) is 14.3. The Kier molecular flexibility index (Phi) is 1.80. The molecule has 0 heteroatoms. The van der Waals surface area contributed by atoms with Crippen LogP contribution in [0.15, 0.2) is 54.6 Å². The lowest BCUT2D eigenvalue weighted by atomic mass is 9.80. The van der Waals surface area contributed by atoms with Gasteiger partial charge in [-0.25, -0.2) is 0 Å². The van der Waals surface area contributed by atoms with Crippen LogP contribution in [-0.2, 0) is 6.42 Å². The topological polar surface area (TPSA) is 0 Å². The molecule has 0 unspecified atom stereocenters. The lowest BCUT2D eigenvalue weighted by Crippen LogP contribution is -2.20. The summed E-state index contributed by atoms with van der Waals surface area (Å²) in [5, 5.41) is 10.1. The molecule has 102 valence electrons. The zero-order valence-electron chi connectivity index (χ0n) is 12.2. The highest BCUT2D eigenvalue weighted by molar-refractivity contribution is 6.24. The summed E-state index contributed by atoms with van der Waals surface area (Å²) < 4.78 is 0. The SMILES string of the molecule is C1=Cc2cc3cccc4cc5cccc6c5c(c2=C(C1)C6)c34. The first-order chi connectivity index (χ1) is 10.9. The Bertz CT molecular complexity index is 1210. The summed E-state index contributed by atoms with van der Waals surface area (Å²) in [6.07, 6.45) is 6.84. The molecule has 2 aliphatic carbocycles. The molecular formula is C22H14. The van der Waals surface area contributed by atoms with E-state index in [9.17, 15) is 0 Å². The largest absolute Gasteiger partial charge is 0.0798 e. The number of benzene rings is 4. The summed E-state index contributed by atoms with van der Waals surface area (Å²) >= 11 is 0. The molecule has 0 N–H and O–H groups in total. The average molecular weight is 278 g/mol.